The van der Waals surface area contributed by atoms with E-state index in [1.165, 1.54) is 22.8 Å². The van der Waals surface area contributed by atoms with E-state index in [2.05, 4.69) is 41.1 Å². The van der Waals surface area contributed by atoms with E-state index in [1.54, 1.807) is 35.6 Å². The van der Waals surface area contributed by atoms with E-state index in [0.29, 0.717) is 17.7 Å². The molecule has 0 aliphatic carbocycles. The summed E-state index contributed by atoms with van der Waals surface area (Å²) in [7, 11) is 0. The first kappa shape index (κ1) is 21.5. The van der Waals surface area contributed by atoms with E-state index in [1.807, 2.05) is 0 Å². The smallest absolute Gasteiger partial charge is 0.251 e. The number of carbonyl (C=O) groups is 2. The first-order valence-electron chi connectivity index (χ1n) is 10.7. The molecule has 1 saturated heterocycles. The Hall–Kier alpha value is -2.77. The molecule has 3 aromatic rings. The topological polar surface area (TPSA) is 65.5 Å². The lowest BCUT2D eigenvalue weighted by Gasteiger charge is -2.34. The molecule has 0 bridgehead atoms. The Morgan fingerprint density at radius 3 is 2.26 bits per heavy atom. The number of Topliss-reactive ketones (excluding diaryl/α,β-unsaturated/α-hetero) is 1. The van der Waals surface area contributed by atoms with Crippen molar-refractivity contribution in [1.29, 1.82) is 0 Å². The quantitative estimate of drug-likeness (QED) is 0.598. The summed E-state index contributed by atoms with van der Waals surface area (Å²) in [4.78, 5) is 33.3. The zero-order valence-corrected chi connectivity index (χ0v) is 19.1. The number of nitrogens with zero attached hydrogens (tertiary/aromatic N) is 3. The molecule has 0 saturated carbocycles. The van der Waals surface area contributed by atoms with Gasteiger partial charge in [-0.05, 0) is 44.0 Å². The maximum atomic E-state index is 12.3. The van der Waals surface area contributed by atoms with Crippen LogP contribution in [0.1, 0.15) is 38.8 Å². The molecule has 4 rings (SSSR count). The van der Waals surface area contributed by atoms with Gasteiger partial charge in [0.25, 0.3) is 5.91 Å². The molecular weight excluding hydrogens is 408 g/mol. The lowest BCUT2D eigenvalue weighted by Crippen LogP contribution is -2.48. The van der Waals surface area contributed by atoms with Crippen LogP contribution in [-0.4, -0.2) is 60.8 Å². The van der Waals surface area contributed by atoms with Crippen LogP contribution in [0.4, 0.5) is 5.13 Å². The molecule has 1 aliphatic rings. The number of aromatic nitrogens is 1. The van der Waals surface area contributed by atoms with Crippen LogP contribution in [0, 0.1) is 13.8 Å². The summed E-state index contributed by atoms with van der Waals surface area (Å²) in [5.41, 5.74) is 4.84. The number of amides is 1. The van der Waals surface area contributed by atoms with Crippen LogP contribution >= 0.6 is 11.3 Å². The van der Waals surface area contributed by atoms with Gasteiger partial charge in [-0.15, -0.1) is 0 Å². The molecule has 1 N–H and O–H groups in total. The summed E-state index contributed by atoms with van der Waals surface area (Å²) < 4.78 is 1.29. The third kappa shape index (κ3) is 4.78. The second kappa shape index (κ2) is 9.16. The molecule has 0 spiro atoms. The summed E-state index contributed by atoms with van der Waals surface area (Å²) in [6.07, 6.45) is 0. The van der Waals surface area contributed by atoms with Crippen molar-refractivity contribution >= 4 is 38.4 Å². The van der Waals surface area contributed by atoms with Gasteiger partial charge in [0.1, 0.15) is 0 Å². The maximum Gasteiger partial charge on any atom is 0.251 e. The van der Waals surface area contributed by atoms with Gasteiger partial charge in [0.2, 0.25) is 0 Å². The second-order valence-electron chi connectivity index (χ2n) is 8.09. The van der Waals surface area contributed by atoms with Crippen molar-refractivity contribution in [3.05, 3.63) is 58.7 Å². The molecule has 7 heteroatoms. The average Bonchev–Trinajstić information content (AvgIpc) is 3.24. The predicted octanol–water partition coefficient (Wildman–Crippen LogP) is 3.67. The number of carbonyl (C=O) groups excluding carboxylic acids is 2. The van der Waals surface area contributed by atoms with Crippen LogP contribution in [0.15, 0.2) is 36.4 Å². The van der Waals surface area contributed by atoms with Crippen LogP contribution in [0.5, 0.6) is 0 Å². The van der Waals surface area contributed by atoms with E-state index >= 15 is 0 Å². The minimum atomic E-state index is -0.103. The van der Waals surface area contributed by atoms with Crippen molar-refractivity contribution in [2.45, 2.75) is 20.8 Å². The second-order valence-corrected chi connectivity index (χ2v) is 9.07. The number of fused-ring (bicyclic) bond motifs is 1. The fraction of sp³-hybridized carbons (Fsp3) is 0.375. The molecule has 0 radical (unpaired) electrons. The summed E-state index contributed by atoms with van der Waals surface area (Å²) >= 11 is 1.79. The fourth-order valence-electron chi connectivity index (χ4n) is 3.83. The van der Waals surface area contributed by atoms with Gasteiger partial charge in [-0.1, -0.05) is 35.6 Å². The number of piperazine rings is 1. The van der Waals surface area contributed by atoms with Crippen molar-refractivity contribution in [2.24, 2.45) is 0 Å². The van der Waals surface area contributed by atoms with Crippen LogP contribution in [0.2, 0.25) is 0 Å². The SMILES string of the molecule is CC(=O)c1ccc(C(=O)NCCN2CCN(c3nc4c(C)ccc(C)c4s3)CC2)cc1. The van der Waals surface area contributed by atoms with Crippen LogP contribution in [-0.2, 0) is 0 Å². The Morgan fingerprint density at radius 2 is 1.61 bits per heavy atom. The van der Waals surface area contributed by atoms with E-state index in [9.17, 15) is 9.59 Å². The Kier molecular flexibility index (Phi) is 6.34. The minimum Gasteiger partial charge on any atom is -0.351 e. The van der Waals surface area contributed by atoms with Crippen molar-refractivity contribution in [2.75, 3.05) is 44.2 Å². The number of rotatable bonds is 6. The van der Waals surface area contributed by atoms with E-state index in [4.69, 9.17) is 4.98 Å². The van der Waals surface area contributed by atoms with E-state index in [0.717, 1.165) is 43.4 Å². The van der Waals surface area contributed by atoms with Gasteiger partial charge in [-0.2, -0.15) is 0 Å². The van der Waals surface area contributed by atoms with Gasteiger partial charge >= 0.3 is 0 Å². The summed E-state index contributed by atoms with van der Waals surface area (Å²) in [6.45, 7) is 11.0. The monoisotopic (exact) mass is 436 g/mol. The highest BCUT2D eigenvalue weighted by Gasteiger charge is 2.20. The average molecular weight is 437 g/mol. The van der Waals surface area contributed by atoms with Crippen molar-refractivity contribution in [1.82, 2.24) is 15.2 Å². The van der Waals surface area contributed by atoms with Crippen molar-refractivity contribution in [3.8, 4) is 0 Å². The molecular formula is C24H28N4O2S. The lowest BCUT2D eigenvalue weighted by molar-refractivity contribution is 0.0945. The Morgan fingerprint density at radius 1 is 0.968 bits per heavy atom. The van der Waals surface area contributed by atoms with Crippen LogP contribution in [0.3, 0.4) is 0 Å². The lowest BCUT2D eigenvalue weighted by atomic mass is 10.1. The van der Waals surface area contributed by atoms with Gasteiger partial charge in [0.05, 0.1) is 10.2 Å². The molecule has 2 aromatic carbocycles. The summed E-state index contributed by atoms with van der Waals surface area (Å²) in [6, 6.07) is 11.1. The van der Waals surface area contributed by atoms with Gasteiger partial charge in [-0.25, -0.2) is 4.98 Å². The standard InChI is InChI=1S/C24H28N4O2S/c1-16-4-5-17(2)22-21(16)26-24(31-22)28-14-12-27(13-15-28)11-10-25-23(30)20-8-6-19(7-9-20)18(3)29/h4-9H,10-15H2,1-3H3,(H,25,30). The van der Waals surface area contributed by atoms with Crippen LogP contribution < -0.4 is 10.2 Å². The molecule has 1 aliphatic heterocycles. The fourth-order valence-corrected chi connectivity index (χ4v) is 5.00. The maximum absolute atomic E-state index is 12.3. The highest BCUT2D eigenvalue weighted by Crippen LogP contribution is 2.33. The zero-order chi connectivity index (χ0) is 22.0. The van der Waals surface area contributed by atoms with E-state index < -0.39 is 0 Å². The predicted molar refractivity (Wildman–Crippen MR) is 127 cm³/mol. The Labute approximate surface area is 186 Å². The third-order valence-electron chi connectivity index (χ3n) is 5.84. The van der Waals surface area contributed by atoms with Crippen molar-refractivity contribution in [3.63, 3.8) is 0 Å². The highest BCUT2D eigenvalue weighted by molar-refractivity contribution is 7.22. The molecule has 31 heavy (non-hydrogen) atoms. The minimum absolute atomic E-state index is 0.00205. The number of hydrogen-bond acceptors (Lipinski definition) is 6. The van der Waals surface area contributed by atoms with Gasteiger partial charge in [0.15, 0.2) is 10.9 Å². The van der Waals surface area contributed by atoms with Crippen molar-refractivity contribution < 1.29 is 9.59 Å². The molecule has 162 valence electrons. The number of nitrogens with one attached hydrogen (secondary N) is 1. The largest absolute Gasteiger partial charge is 0.351 e. The number of hydrogen-bond donors (Lipinski definition) is 1. The number of thiazole rings is 1. The number of benzene rings is 2. The molecule has 1 fully saturated rings. The molecule has 6 nitrogen and oxygen atoms in total. The van der Waals surface area contributed by atoms with Gasteiger partial charge < -0.3 is 10.2 Å². The zero-order valence-electron chi connectivity index (χ0n) is 18.3. The normalized spacial score (nSPS) is 14.7. The van der Waals surface area contributed by atoms with E-state index in [-0.39, 0.29) is 11.7 Å². The summed E-state index contributed by atoms with van der Waals surface area (Å²) in [5, 5.41) is 4.08. The molecule has 0 unspecified atom stereocenters. The molecule has 2 heterocycles. The molecule has 0 atom stereocenters. The Balaban J connectivity index is 1.26. The van der Waals surface area contributed by atoms with Crippen LogP contribution in [0.25, 0.3) is 10.2 Å². The first-order valence-corrected chi connectivity index (χ1v) is 11.5. The highest BCUT2D eigenvalue weighted by atomic mass is 32.1. The molecule has 1 amide bonds. The summed E-state index contributed by atoms with van der Waals surface area (Å²) in [5.74, 6) is -0.101. The first-order chi connectivity index (χ1) is 14.9. The Bertz CT molecular complexity index is 1060. The third-order valence-corrected chi connectivity index (χ3v) is 7.09. The van der Waals surface area contributed by atoms with Gasteiger partial charge in [0, 0.05) is 50.4 Å². The molecule has 1 aromatic heterocycles. The number of ketones is 1. The number of aryl methyl sites for hydroxylation is 2. The number of anilines is 1. The van der Waals surface area contributed by atoms with Gasteiger partial charge in [-0.3, -0.25) is 14.5 Å².